The average Bonchev–Trinajstić information content (AvgIpc) is 3.37. The summed E-state index contributed by atoms with van der Waals surface area (Å²) in [5, 5.41) is 8.29. The van der Waals surface area contributed by atoms with Crippen molar-refractivity contribution in [1.82, 2.24) is 0 Å². The number of esters is 6. The van der Waals surface area contributed by atoms with Gasteiger partial charge >= 0.3 is 35.8 Å². The van der Waals surface area contributed by atoms with Gasteiger partial charge in [0.25, 0.3) is 3.79 Å². The third-order valence-corrected chi connectivity index (χ3v) is 11.0. The van der Waals surface area contributed by atoms with Gasteiger partial charge in [-0.3, -0.25) is 10.2 Å². The minimum atomic E-state index is -2.43. The molecule has 0 spiro atoms. The zero-order valence-electron chi connectivity index (χ0n) is 36.7. The molecule has 0 aromatic heterocycles. The van der Waals surface area contributed by atoms with Gasteiger partial charge in [0.05, 0.1) is 34.4 Å². The van der Waals surface area contributed by atoms with Crippen LogP contribution in [0.3, 0.4) is 0 Å². The number of benzene rings is 5. The summed E-state index contributed by atoms with van der Waals surface area (Å²) < 4.78 is 57.8. The lowest BCUT2D eigenvalue weighted by molar-refractivity contribution is -0.337. The first-order chi connectivity index (χ1) is 33.7. The summed E-state index contributed by atoms with van der Waals surface area (Å²) in [6.45, 7) is -0.270. The number of alkyl halides is 3. The third kappa shape index (κ3) is 13.3. The molecule has 2 saturated heterocycles. The van der Waals surface area contributed by atoms with Gasteiger partial charge in [-0.15, -0.1) is 0 Å². The Hall–Kier alpha value is -6.86. The molecule has 2 fully saturated rings. The Morgan fingerprint density at radius 1 is 0.500 bits per heavy atom. The topological polar surface area (TPSA) is 219 Å². The highest BCUT2D eigenvalue weighted by Crippen LogP contribution is 2.36. The summed E-state index contributed by atoms with van der Waals surface area (Å²) in [6, 6.07) is 38.7. The normalized spacial score (nSPS) is 23.1. The molecule has 9 atom stereocenters. The van der Waals surface area contributed by atoms with E-state index >= 15 is 0 Å². The van der Waals surface area contributed by atoms with Crippen molar-refractivity contribution in [3.8, 4) is 0 Å². The molecule has 1 N–H and O–H groups in total. The number of nitrogens with one attached hydrogen (secondary N) is 1. The van der Waals surface area contributed by atoms with Crippen LogP contribution in [0.15, 0.2) is 152 Å². The van der Waals surface area contributed by atoms with Gasteiger partial charge in [-0.2, -0.15) is 0 Å². The lowest BCUT2D eigenvalue weighted by atomic mass is 9.97. The number of halogens is 3. The van der Waals surface area contributed by atoms with Gasteiger partial charge in [0.15, 0.2) is 30.7 Å². The molecule has 70 heavy (non-hydrogen) atoms. The Bertz CT molecular complexity index is 2610. The van der Waals surface area contributed by atoms with Crippen LogP contribution in [0.4, 0.5) is 0 Å². The van der Waals surface area contributed by atoms with Crippen molar-refractivity contribution < 1.29 is 76.1 Å². The van der Waals surface area contributed by atoms with E-state index in [1.54, 1.807) is 91.0 Å². The van der Waals surface area contributed by atoms with Crippen molar-refractivity contribution in [3.63, 3.8) is 0 Å². The molecular weight excluding hydrogens is 977 g/mol. The standard InChI is InChI=1S/C50H42Cl3NO16/c1-29(55)63-38-36(28-62-47(70-49(54)50(51,52)53)40(38)68-45(59)33-23-13-5-14-24-33)65-48-41(69-46(60)34-25-15-6-16-26-34)39(67-44(58)32-21-11-4-12-22-32)37(66-43(57)31-19-9-3-10-20-31)35(64-48)27-61-42(56)30-17-7-2-8-18-30/h2-26,35-41,47-48,54H,27-28H2,1H3/t35-,36-,37+,38+,39+,40-,41-,47+,48+/m1/s1. The molecule has 0 saturated carbocycles. The van der Waals surface area contributed by atoms with Crippen LogP contribution in [0.25, 0.3) is 0 Å². The molecule has 364 valence electrons. The van der Waals surface area contributed by atoms with E-state index < -0.39 is 114 Å². The maximum Gasteiger partial charge on any atom is 0.338 e. The summed E-state index contributed by atoms with van der Waals surface area (Å²) in [7, 11) is 0. The molecule has 20 heteroatoms. The summed E-state index contributed by atoms with van der Waals surface area (Å²) in [5.41, 5.74) is 0.299. The van der Waals surface area contributed by atoms with E-state index in [-0.39, 0.29) is 27.8 Å². The second kappa shape index (κ2) is 23.6. The lowest BCUT2D eigenvalue weighted by Gasteiger charge is -2.47. The smallest absolute Gasteiger partial charge is 0.338 e. The van der Waals surface area contributed by atoms with Crippen LogP contribution in [-0.2, 0) is 52.2 Å². The SMILES string of the molecule is CC(=O)O[C@@H]1[C@@H](OC(=O)c2ccccc2)[C@H](OC(=N)C(Cl)(Cl)Cl)OC[C@H]1O[C@@H]1O[C@H](COC(=O)c2ccccc2)[C@H](OC(=O)c2ccccc2)[C@H](OC(=O)c2ccccc2)[C@H]1OC(=O)c1ccccc1. The quantitative estimate of drug-likeness (QED) is 0.0353. The highest BCUT2D eigenvalue weighted by molar-refractivity contribution is 6.76. The number of hydrogen-bond donors (Lipinski definition) is 1. The van der Waals surface area contributed by atoms with E-state index in [9.17, 15) is 28.8 Å². The average molecular weight is 1020 g/mol. The molecule has 0 amide bonds. The van der Waals surface area contributed by atoms with Crippen LogP contribution in [0, 0.1) is 5.41 Å². The monoisotopic (exact) mass is 1020 g/mol. The summed E-state index contributed by atoms with van der Waals surface area (Å²) in [5.74, 6) is -6.59. The number of hydrogen-bond acceptors (Lipinski definition) is 17. The molecule has 0 unspecified atom stereocenters. The van der Waals surface area contributed by atoms with Crippen molar-refractivity contribution >= 4 is 76.5 Å². The van der Waals surface area contributed by atoms with Crippen LogP contribution in [0.1, 0.15) is 58.7 Å². The fraction of sp³-hybridized carbons (Fsp3) is 0.260. The summed E-state index contributed by atoms with van der Waals surface area (Å²) in [4.78, 5) is 82.3. The van der Waals surface area contributed by atoms with Gasteiger partial charge < -0.3 is 47.4 Å². The zero-order chi connectivity index (χ0) is 49.8. The van der Waals surface area contributed by atoms with E-state index in [4.69, 9.17) is 87.6 Å². The molecule has 0 aliphatic carbocycles. The van der Waals surface area contributed by atoms with Gasteiger partial charge in [-0.25, -0.2) is 24.0 Å². The minimum Gasteiger partial charge on any atom is -0.459 e. The molecule has 5 aromatic carbocycles. The summed E-state index contributed by atoms with van der Waals surface area (Å²) in [6.07, 6.45) is -15.8. The Labute approximate surface area is 415 Å². The van der Waals surface area contributed by atoms with E-state index in [0.717, 1.165) is 6.92 Å². The van der Waals surface area contributed by atoms with Crippen molar-refractivity contribution in [2.45, 2.75) is 66.0 Å². The van der Waals surface area contributed by atoms with Crippen molar-refractivity contribution in [2.75, 3.05) is 13.2 Å². The molecule has 0 bridgehead atoms. The molecule has 2 aliphatic rings. The number of carbonyl (C=O) groups is 6. The van der Waals surface area contributed by atoms with Crippen molar-refractivity contribution in [1.29, 1.82) is 5.41 Å². The van der Waals surface area contributed by atoms with Crippen LogP contribution >= 0.6 is 34.8 Å². The van der Waals surface area contributed by atoms with Gasteiger partial charge in [0.2, 0.25) is 18.3 Å². The first kappa shape index (κ1) is 51.0. The van der Waals surface area contributed by atoms with Gasteiger partial charge in [-0.05, 0) is 60.7 Å². The maximum atomic E-state index is 14.1. The fourth-order valence-electron chi connectivity index (χ4n) is 7.18. The molecule has 17 nitrogen and oxygen atoms in total. The second-order valence-corrected chi connectivity index (χ2v) is 17.6. The Morgan fingerprint density at radius 2 is 0.871 bits per heavy atom. The largest absolute Gasteiger partial charge is 0.459 e. The van der Waals surface area contributed by atoms with Gasteiger partial charge in [0, 0.05) is 6.92 Å². The first-order valence-corrected chi connectivity index (χ1v) is 22.5. The predicted octanol–water partition coefficient (Wildman–Crippen LogP) is 7.51. The Morgan fingerprint density at radius 3 is 1.27 bits per heavy atom. The van der Waals surface area contributed by atoms with Crippen LogP contribution in [0.5, 0.6) is 0 Å². The molecule has 2 aliphatic heterocycles. The van der Waals surface area contributed by atoms with Gasteiger partial charge in [-0.1, -0.05) is 126 Å². The van der Waals surface area contributed by atoms with Crippen LogP contribution in [-0.4, -0.2) is 114 Å². The number of carbonyl (C=O) groups excluding carboxylic acids is 6. The fourth-order valence-corrected chi connectivity index (χ4v) is 7.31. The second-order valence-electron chi connectivity index (χ2n) is 15.3. The molecule has 7 rings (SSSR count). The molecule has 5 aromatic rings. The molecule has 0 radical (unpaired) electrons. The molecular formula is C50H42Cl3NO16. The summed E-state index contributed by atoms with van der Waals surface area (Å²) >= 11 is 17.8. The predicted molar refractivity (Wildman–Crippen MR) is 247 cm³/mol. The molecule has 2 heterocycles. The maximum absolute atomic E-state index is 14.1. The number of ether oxygens (including phenoxy) is 10. The highest BCUT2D eigenvalue weighted by Gasteiger charge is 2.57. The van der Waals surface area contributed by atoms with Crippen LogP contribution in [0.2, 0.25) is 0 Å². The van der Waals surface area contributed by atoms with Crippen LogP contribution < -0.4 is 0 Å². The highest BCUT2D eigenvalue weighted by atomic mass is 35.6. The van der Waals surface area contributed by atoms with E-state index in [1.807, 2.05) is 0 Å². The minimum absolute atomic E-state index is 0.0224. The van der Waals surface area contributed by atoms with Crippen molar-refractivity contribution in [3.05, 3.63) is 179 Å². The Kier molecular flexibility index (Phi) is 17.2. The van der Waals surface area contributed by atoms with E-state index in [0.29, 0.717) is 0 Å². The zero-order valence-corrected chi connectivity index (χ0v) is 39.0. The Balaban J connectivity index is 1.33. The van der Waals surface area contributed by atoms with Crippen molar-refractivity contribution in [2.24, 2.45) is 0 Å². The van der Waals surface area contributed by atoms with Gasteiger partial charge in [0.1, 0.15) is 18.8 Å². The van der Waals surface area contributed by atoms with E-state index in [1.165, 1.54) is 60.7 Å². The van der Waals surface area contributed by atoms with E-state index in [2.05, 4.69) is 0 Å². The number of rotatable bonds is 15. The first-order valence-electron chi connectivity index (χ1n) is 21.3. The third-order valence-electron chi connectivity index (χ3n) is 10.5. The lowest BCUT2D eigenvalue weighted by Crippen LogP contribution is -2.65.